The first kappa shape index (κ1) is 19.5. The van der Waals surface area contributed by atoms with E-state index >= 15 is 0 Å². The topological polar surface area (TPSA) is 61.9 Å². The number of methoxy groups -OCH3 is 1. The second-order valence-electron chi connectivity index (χ2n) is 8.97. The number of carbonyl (C=O) groups is 2. The quantitative estimate of drug-likeness (QED) is 0.881. The van der Waals surface area contributed by atoms with Crippen molar-refractivity contribution in [2.24, 2.45) is 10.8 Å². The van der Waals surface area contributed by atoms with Crippen LogP contribution in [0.3, 0.4) is 0 Å². The first-order chi connectivity index (χ1) is 12.7. The molecule has 0 aromatic heterocycles. The summed E-state index contributed by atoms with van der Waals surface area (Å²) < 4.78 is 5.30. The fourth-order valence-electron chi connectivity index (χ4n) is 4.24. The zero-order valence-corrected chi connectivity index (χ0v) is 16.9. The van der Waals surface area contributed by atoms with Crippen LogP contribution < -0.4 is 10.1 Å². The van der Waals surface area contributed by atoms with Crippen LogP contribution >= 0.6 is 0 Å². The number of urea groups is 1. The Morgan fingerprint density at radius 3 is 2.67 bits per heavy atom. The number of nitrogens with zero attached hydrogens (tertiary/aromatic N) is 2. The molecular formula is C21H31N3O3. The number of piperidine rings is 1. The van der Waals surface area contributed by atoms with Gasteiger partial charge < -0.3 is 19.9 Å². The lowest BCUT2D eigenvalue weighted by molar-refractivity contribution is -0.146. The molecule has 2 aliphatic heterocycles. The summed E-state index contributed by atoms with van der Waals surface area (Å²) in [6, 6.07) is 7.19. The lowest BCUT2D eigenvalue weighted by Crippen LogP contribution is -2.52. The largest absolute Gasteiger partial charge is 0.495 e. The number of rotatable bonds is 3. The van der Waals surface area contributed by atoms with Crippen molar-refractivity contribution in [1.29, 1.82) is 0 Å². The third-order valence-corrected chi connectivity index (χ3v) is 5.48. The average Bonchev–Trinajstić information content (AvgIpc) is 3.04. The van der Waals surface area contributed by atoms with Crippen molar-refractivity contribution in [3.63, 3.8) is 0 Å². The maximum atomic E-state index is 13.2. The summed E-state index contributed by atoms with van der Waals surface area (Å²) >= 11 is 0. The Labute approximate surface area is 161 Å². The Kier molecular flexibility index (Phi) is 5.36. The number of likely N-dealkylation sites (tertiary alicyclic amines) is 2. The van der Waals surface area contributed by atoms with E-state index in [0.717, 1.165) is 32.4 Å². The van der Waals surface area contributed by atoms with Crippen molar-refractivity contribution in [3.05, 3.63) is 24.3 Å². The van der Waals surface area contributed by atoms with Gasteiger partial charge in [-0.25, -0.2) is 4.79 Å². The molecule has 2 saturated heterocycles. The fraction of sp³-hybridized carbons (Fsp3) is 0.619. The zero-order chi connectivity index (χ0) is 19.7. The van der Waals surface area contributed by atoms with Gasteiger partial charge in [-0.1, -0.05) is 32.9 Å². The van der Waals surface area contributed by atoms with Gasteiger partial charge in [0.1, 0.15) is 5.75 Å². The number of ether oxygens (including phenoxy) is 1. The third kappa shape index (κ3) is 4.20. The number of para-hydroxylation sites is 2. The number of anilines is 1. The van der Waals surface area contributed by atoms with Crippen molar-refractivity contribution in [2.45, 2.75) is 40.0 Å². The first-order valence-corrected chi connectivity index (χ1v) is 9.72. The second-order valence-corrected chi connectivity index (χ2v) is 8.97. The highest BCUT2D eigenvalue weighted by Crippen LogP contribution is 2.41. The van der Waals surface area contributed by atoms with Crippen LogP contribution in [0.5, 0.6) is 5.75 Å². The molecule has 148 valence electrons. The molecular weight excluding hydrogens is 342 g/mol. The molecule has 0 bridgehead atoms. The molecule has 3 rings (SSSR count). The van der Waals surface area contributed by atoms with Gasteiger partial charge in [0.05, 0.1) is 18.2 Å². The molecule has 0 unspecified atom stereocenters. The summed E-state index contributed by atoms with van der Waals surface area (Å²) in [4.78, 5) is 29.7. The molecule has 1 N–H and O–H groups in total. The molecule has 6 nitrogen and oxygen atoms in total. The van der Waals surface area contributed by atoms with Gasteiger partial charge >= 0.3 is 6.03 Å². The molecule has 2 heterocycles. The number of benzene rings is 1. The van der Waals surface area contributed by atoms with E-state index in [4.69, 9.17) is 4.74 Å². The maximum absolute atomic E-state index is 13.2. The fourth-order valence-corrected chi connectivity index (χ4v) is 4.24. The molecule has 3 amide bonds. The summed E-state index contributed by atoms with van der Waals surface area (Å²) in [5, 5.41) is 2.93. The van der Waals surface area contributed by atoms with Crippen molar-refractivity contribution < 1.29 is 14.3 Å². The highest BCUT2D eigenvalue weighted by Gasteiger charge is 2.49. The number of carbonyl (C=O) groups excluding carboxylic acids is 2. The summed E-state index contributed by atoms with van der Waals surface area (Å²) in [7, 11) is 1.58. The standard InChI is InChI=1S/C21H31N3O3/c1-20(2,3)14-23-12-7-10-21(18(23)25)11-13-24(15-21)19(26)22-16-8-5-6-9-17(16)27-4/h5-6,8-9H,7,10-15H2,1-4H3,(H,22,26)/t21-/m1/s1. The van der Waals surface area contributed by atoms with E-state index in [2.05, 4.69) is 26.1 Å². The van der Waals surface area contributed by atoms with E-state index in [9.17, 15) is 9.59 Å². The summed E-state index contributed by atoms with van der Waals surface area (Å²) in [6.07, 6.45) is 2.61. The van der Waals surface area contributed by atoms with E-state index in [1.807, 2.05) is 29.2 Å². The highest BCUT2D eigenvalue weighted by atomic mass is 16.5. The third-order valence-electron chi connectivity index (χ3n) is 5.48. The number of hydrogen-bond donors (Lipinski definition) is 1. The molecule has 1 spiro atoms. The van der Waals surface area contributed by atoms with E-state index in [1.54, 1.807) is 12.0 Å². The molecule has 0 saturated carbocycles. The van der Waals surface area contributed by atoms with E-state index in [0.29, 0.717) is 24.5 Å². The van der Waals surface area contributed by atoms with Gasteiger partial charge in [0.25, 0.3) is 0 Å². The second kappa shape index (κ2) is 7.41. The van der Waals surface area contributed by atoms with Gasteiger partial charge in [0.2, 0.25) is 5.91 Å². The normalized spacial score (nSPS) is 23.0. The number of hydrogen-bond acceptors (Lipinski definition) is 3. The van der Waals surface area contributed by atoms with Gasteiger partial charge in [-0.3, -0.25) is 4.79 Å². The minimum atomic E-state index is -0.415. The van der Waals surface area contributed by atoms with Crippen LogP contribution in [0.4, 0.5) is 10.5 Å². The highest BCUT2D eigenvalue weighted by molar-refractivity contribution is 5.92. The van der Waals surface area contributed by atoms with Crippen molar-refractivity contribution in [3.8, 4) is 5.75 Å². The van der Waals surface area contributed by atoms with Gasteiger partial charge in [-0.2, -0.15) is 0 Å². The number of nitrogens with one attached hydrogen (secondary N) is 1. The molecule has 1 aromatic carbocycles. The van der Waals surface area contributed by atoms with Crippen LogP contribution in [-0.4, -0.2) is 55.0 Å². The van der Waals surface area contributed by atoms with Crippen LogP contribution in [0.2, 0.25) is 0 Å². The minimum Gasteiger partial charge on any atom is -0.495 e. The van der Waals surface area contributed by atoms with Crippen molar-refractivity contribution >= 4 is 17.6 Å². The van der Waals surface area contributed by atoms with E-state index < -0.39 is 5.41 Å². The Bertz CT molecular complexity index is 713. The minimum absolute atomic E-state index is 0.0771. The summed E-state index contributed by atoms with van der Waals surface area (Å²) in [6.45, 7) is 9.16. The van der Waals surface area contributed by atoms with Crippen molar-refractivity contribution in [2.75, 3.05) is 38.6 Å². The van der Waals surface area contributed by atoms with Crippen LogP contribution in [-0.2, 0) is 4.79 Å². The first-order valence-electron chi connectivity index (χ1n) is 9.72. The number of amides is 3. The molecule has 6 heteroatoms. The van der Waals surface area contributed by atoms with Crippen LogP contribution in [0.15, 0.2) is 24.3 Å². The molecule has 0 radical (unpaired) electrons. The lowest BCUT2D eigenvalue weighted by Gasteiger charge is -2.41. The maximum Gasteiger partial charge on any atom is 0.321 e. The molecule has 2 aliphatic rings. The Hall–Kier alpha value is -2.24. The van der Waals surface area contributed by atoms with Gasteiger partial charge in [-0.15, -0.1) is 0 Å². The summed E-state index contributed by atoms with van der Waals surface area (Å²) in [5.74, 6) is 0.848. The molecule has 1 atom stereocenters. The zero-order valence-electron chi connectivity index (χ0n) is 16.9. The predicted molar refractivity (Wildman–Crippen MR) is 106 cm³/mol. The Morgan fingerprint density at radius 2 is 1.96 bits per heavy atom. The van der Waals surface area contributed by atoms with Crippen LogP contribution in [0.1, 0.15) is 40.0 Å². The average molecular weight is 373 g/mol. The molecule has 0 aliphatic carbocycles. The van der Waals surface area contributed by atoms with Crippen molar-refractivity contribution in [1.82, 2.24) is 9.80 Å². The SMILES string of the molecule is COc1ccccc1NC(=O)N1CC[C@]2(CCCN(CC(C)(C)C)C2=O)C1. The lowest BCUT2D eigenvalue weighted by atomic mass is 9.77. The molecule has 1 aromatic rings. The Morgan fingerprint density at radius 1 is 1.22 bits per heavy atom. The van der Waals surface area contributed by atoms with E-state index in [-0.39, 0.29) is 17.4 Å². The van der Waals surface area contributed by atoms with E-state index in [1.165, 1.54) is 0 Å². The Balaban J connectivity index is 1.68. The predicted octanol–water partition coefficient (Wildman–Crippen LogP) is 3.59. The smallest absolute Gasteiger partial charge is 0.321 e. The van der Waals surface area contributed by atoms with Crippen LogP contribution in [0, 0.1) is 10.8 Å². The molecule has 27 heavy (non-hydrogen) atoms. The summed E-state index contributed by atoms with van der Waals surface area (Å²) in [5.41, 5.74) is 0.310. The van der Waals surface area contributed by atoms with Gasteiger partial charge in [0, 0.05) is 26.2 Å². The molecule has 2 fully saturated rings. The van der Waals surface area contributed by atoms with Crippen LogP contribution in [0.25, 0.3) is 0 Å². The van der Waals surface area contributed by atoms with Gasteiger partial charge in [-0.05, 0) is 36.8 Å². The van der Waals surface area contributed by atoms with Gasteiger partial charge in [0.15, 0.2) is 0 Å². The monoisotopic (exact) mass is 373 g/mol.